The normalized spacial score (nSPS) is 11.0. The van der Waals surface area contributed by atoms with Gasteiger partial charge < -0.3 is 4.57 Å². The lowest BCUT2D eigenvalue weighted by Gasteiger charge is -2.20. The molecule has 2 aromatic carbocycles. The minimum Gasteiger partial charge on any atom is -0.315 e. The molecule has 0 saturated carbocycles. The van der Waals surface area contributed by atoms with Gasteiger partial charge in [0.25, 0.3) is 0 Å². The summed E-state index contributed by atoms with van der Waals surface area (Å²) < 4.78 is 43.7. The van der Waals surface area contributed by atoms with Crippen LogP contribution in [0.25, 0.3) is 16.9 Å². The molecule has 0 aliphatic carbocycles. The van der Waals surface area contributed by atoms with Gasteiger partial charge in [-0.25, -0.2) is 13.2 Å². The molecule has 25 heavy (non-hydrogen) atoms. The Morgan fingerprint density at radius 1 is 0.880 bits per heavy atom. The topological polar surface area (TPSA) is 22.0 Å². The lowest BCUT2D eigenvalue weighted by molar-refractivity contribution is 0.546. The molecule has 0 unspecified atom stereocenters. The molecule has 0 bridgehead atoms. The maximum atomic E-state index is 14.4. The van der Waals surface area contributed by atoms with Gasteiger partial charge in [-0.1, -0.05) is 18.2 Å². The first-order chi connectivity index (χ1) is 11.8. The molecule has 0 N–H and O–H groups in total. The Labute approximate surface area is 143 Å². The predicted octanol–water partition coefficient (Wildman–Crippen LogP) is 4.85. The summed E-state index contributed by atoms with van der Waals surface area (Å²) in [6, 6.07) is 8.53. The second-order valence-corrected chi connectivity index (χ2v) is 6.02. The van der Waals surface area contributed by atoms with Crippen molar-refractivity contribution in [2.45, 2.75) is 20.8 Å². The Morgan fingerprint density at radius 2 is 1.48 bits per heavy atom. The van der Waals surface area contributed by atoms with Crippen molar-refractivity contribution in [2.75, 3.05) is 0 Å². The molecule has 3 aromatic rings. The van der Waals surface area contributed by atoms with Crippen LogP contribution in [0.4, 0.5) is 13.2 Å². The van der Waals surface area contributed by atoms with E-state index in [0.29, 0.717) is 23.4 Å². The highest BCUT2D eigenvalue weighted by molar-refractivity contribution is 5.68. The van der Waals surface area contributed by atoms with Gasteiger partial charge in [0.1, 0.15) is 17.5 Å². The fourth-order valence-electron chi connectivity index (χ4n) is 3.00. The van der Waals surface area contributed by atoms with Crippen LogP contribution in [0.3, 0.4) is 0 Å². The Kier molecular flexibility index (Phi) is 4.25. The van der Waals surface area contributed by atoms with Gasteiger partial charge in [0.15, 0.2) is 5.43 Å². The standard InChI is InChI=1S/C20H16F3NO/c1-11-6-4-5-7-17(11)24-10-12(2)20(25)13(3)19(24)18-15(22)8-14(21)9-16(18)23/h4-10H,1-3H3. The first-order valence-corrected chi connectivity index (χ1v) is 7.75. The molecule has 0 aliphatic heterocycles. The van der Waals surface area contributed by atoms with Crippen LogP contribution in [0.15, 0.2) is 47.4 Å². The largest absolute Gasteiger partial charge is 0.315 e. The zero-order valence-electron chi connectivity index (χ0n) is 14.0. The number of rotatable bonds is 2. The van der Waals surface area contributed by atoms with E-state index in [9.17, 15) is 18.0 Å². The average Bonchev–Trinajstić information content (AvgIpc) is 2.54. The van der Waals surface area contributed by atoms with E-state index in [-0.39, 0.29) is 16.7 Å². The van der Waals surface area contributed by atoms with Crippen LogP contribution in [0, 0.1) is 38.2 Å². The number of para-hydroxylation sites is 1. The van der Waals surface area contributed by atoms with Crippen molar-refractivity contribution in [3.8, 4) is 16.9 Å². The minimum absolute atomic E-state index is 0.0832. The first-order valence-electron chi connectivity index (χ1n) is 7.75. The molecule has 2 nitrogen and oxygen atoms in total. The van der Waals surface area contributed by atoms with E-state index >= 15 is 0 Å². The fourth-order valence-corrected chi connectivity index (χ4v) is 3.00. The van der Waals surface area contributed by atoms with Gasteiger partial charge in [-0.3, -0.25) is 4.79 Å². The van der Waals surface area contributed by atoms with E-state index in [0.717, 1.165) is 5.56 Å². The number of nitrogens with zero attached hydrogens (tertiary/aromatic N) is 1. The van der Waals surface area contributed by atoms with Gasteiger partial charge in [-0.2, -0.15) is 0 Å². The van der Waals surface area contributed by atoms with Crippen LogP contribution < -0.4 is 5.43 Å². The van der Waals surface area contributed by atoms with Crippen molar-refractivity contribution >= 4 is 0 Å². The summed E-state index contributed by atoms with van der Waals surface area (Å²) in [6.07, 6.45) is 1.55. The second-order valence-electron chi connectivity index (χ2n) is 6.02. The molecule has 0 spiro atoms. The molecule has 0 fully saturated rings. The van der Waals surface area contributed by atoms with E-state index in [4.69, 9.17) is 0 Å². The number of aromatic nitrogens is 1. The number of aryl methyl sites for hydroxylation is 2. The molecule has 0 atom stereocenters. The van der Waals surface area contributed by atoms with Crippen molar-refractivity contribution in [2.24, 2.45) is 0 Å². The van der Waals surface area contributed by atoms with Crippen LogP contribution in [0.5, 0.6) is 0 Å². The first kappa shape index (κ1) is 17.0. The highest BCUT2D eigenvalue weighted by Gasteiger charge is 2.22. The number of hydrogen-bond donors (Lipinski definition) is 0. The third-order valence-electron chi connectivity index (χ3n) is 4.24. The fraction of sp³-hybridized carbons (Fsp3) is 0.150. The summed E-state index contributed by atoms with van der Waals surface area (Å²) >= 11 is 0. The summed E-state index contributed by atoms with van der Waals surface area (Å²) in [6.45, 7) is 5.02. The Bertz CT molecular complexity index is 1010. The average molecular weight is 343 g/mol. The molecule has 1 aromatic heterocycles. The highest BCUT2D eigenvalue weighted by atomic mass is 19.1. The Balaban J connectivity index is 2.48. The van der Waals surface area contributed by atoms with E-state index in [1.807, 2.05) is 19.1 Å². The van der Waals surface area contributed by atoms with E-state index < -0.39 is 23.0 Å². The third kappa shape index (κ3) is 2.86. The van der Waals surface area contributed by atoms with Crippen molar-refractivity contribution in [1.82, 2.24) is 4.57 Å². The van der Waals surface area contributed by atoms with Crippen molar-refractivity contribution in [3.05, 3.63) is 87.0 Å². The molecule has 0 aliphatic rings. The Morgan fingerprint density at radius 3 is 2.08 bits per heavy atom. The van der Waals surface area contributed by atoms with Crippen molar-refractivity contribution in [3.63, 3.8) is 0 Å². The van der Waals surface area contributed by atoms with Crippen LogP contribution in [-0.4, -0.2) is 4.57 Å². The summed E-state index contributed by atoms with van der Waals surface area (Å²) in [4.78, 5) is 12.4. The van der Waals surface area contributed by atoms with Crippen LogP contribution in [-0.2, 0) is 0 Å². The minimum atomic E-state index is -1.05. The lowest BCUT2D eigenvalue weighted by Crippen LogP contribution is -2.18. The zero-order chi connectivity index (χ0) is 18.3. The monoisotopic (exact) mass is 343 g/mol. The lowest BCUT2D eigenvalue weighted by atomic mass is 10.0. The van der Waals surface area contributed by atoms with E-state index in [1.165, 1.54) is 6.92 Å². The molecule has 5 heteroatoms. The third-order valence-corrected chi connectivity index (χ3v) is 4.24. The van der Waals surface area contributed by atoms with Gasteiger partial charge in [0.2, 0.25) is 0 Å². The quantitative estimate of drug-likeness (QED) is 0.652. The van der Waals surface area contributed by atoms with Crippen molar-refractivity contribution in [1.29, 1.82) is 0 Å². The molecule has 0 saturated heterocycles. The predicted molar refractivity (Wildman–Crippen MR) is 91.6 cm³/mol. The van der Waals surface area contributed by atoms with Gasteiger partial charge in [0.05, 0.1) is 11.3 Å². The summed E-state index contributed by atoms with van der Waals surface area (Å²) in [5, 5.41) is 0. The molecule has 128 valence electrons. The number of halogens is 3. The smallest absolute Gasteiger partial charge is 0.188 e. The number of benzene rings is 2. The van der Waals surface area contributed by atoms with Gasteiger partial charge in [-0.05, 0) is 32.4 Å². The van der Waals surface area contributed by atoms with E-state index in [2.05, 4.69) is 0 Å². The molecule has 0 radical (unpaired) electrons. The zero-order valence-corrected chi connectivity index (χ0v) is 14.0. The number of hydrogen-bond acceptors (Lipinski definition) is 1. The highest BCUT2D eigenvalue weighted by Crippen LogP contribution is 2.31. The SMILES string of the molecule is Cc1ccccc1-n1cc(C)c(=O)c(C)c1-c1c(F)cc(F)cc1F. The molecule has 0 amide bonds. The molecular weight excluding hydrogens is 327 g/mol. The maximum absolute atomic E-state index is 14.4. The Hall–Kier alpha value is -2.82. The maximum Gasteiger partial charge on any atom is 0.188 e. The summed E-state index contributed by atoms with van der Waals surface area (Å²) in [5.41, 5.74) is 1.57. The van der Waals surface area contributed by atoms with Crippen LogP contribution >= 0.6 is 0 Å². The van der Waals surface area contributed by atoms with Gasteiger partial charge >= 0.3 is 0 Å². The van der Waals surface area contributed by atoms with Gasteiger partial charge in [-0.15, -0.1) is 0 Å². The molecular formula is C20H16F3NO. The van der Waals surface area contributed by atoms with Crippen LogP contribution in [0.2, 0.25) is 0 Å². The van der Waals surface area contributed by atoms with Gasteiger partial charge in [0, 0.05) is 35.1 Å². The van der Waals surface area contributed by atoms with Crippen molar-refractivity contribution < 1.29 is 13.2 Å². The second kappa shape index (κ2) is 6.24. The van der Waals surface area contributed by atoms with E-state index in [1.54, 1.807) is 29.8 Å². The molecule has 1 heterocycles. The summed E-state index contributed by atoms with van der Waals surface area (Å²) in [7, 11) is 0. The molecule has 3 rings (SSSR count). The summed E-state index contributed by atoms with van der Waals surface area (Å²) in [5.74, 6) is -3.11. The number of pyridine rings is 1. The van der Waals surface area contributed by atoms with Crippen LogP contribution in [0.1, 0.15) is 16.7 Å².